The number of anilines is 6. The van der Waals surface area contributed by atoms with Crippen molar-refractivity contribution in [1.82, 2.24) is 8.96 Å². The lowest BCUT2D eigenvalue weighted by molar-refractivity contribution is 1.21. The van der Waals surface area contributed by atoms with Gasteiger partial charge in [0.05, 0.1) is 11.4 Å². The van der Waals surface area contributed by atoms with Gasteiger partial charge in [-0.15, -0.1) is 0 Å². The molecule has 0 fully saturated rings. The van der Waals surface area contributed by atoms with Crippen LogP contribution in [0.1, 0.15) is 0 Å². The lowest BCUT2D eigenvalue weighted by Gasteiger charge is -2.46. The number of nitrogens with zero attached hydrogens (tertiary/aromatic N) is 4. The summed E-state index contributed by atoms with van der Waals surface area (Å²) in [7, 11) is 0. The highest BCUT2D eigenvalue weighted by molar-refractivity contribution is 6.93. The first kappa shape index (κ1) is 31.3. The van der Waals surface area contributed by atoms with Gasteiger partial charge in [0.1, 0.15) is 0 Å². The second-order valence-corrected chi connectivity index (χ2v) is 16.7. The summed E-state index contributed by atoms with van der Waals surface area (Å²) in [5.74, 6) is 0. The normalized spacial score (nSPS) is 13.9. The third-order valence-electron chi connectivity index (χ3n) is 14.0. The highest BCUT2D eigenvalue weighted by atomic mass is 15.2. The van der Waals surface area contributed by atoms with Crippen LogP contribution in [0.5, 0.6) is 0 Å². The average Bonchev–Trinajstić information content (AvgIpc) is 3.83. The van der Waals surface area contributed by atoms with Crippen LogP contribution in [0.25, 0.3) is 65.9 Å². The molecule has 0 unspecified atom stereocenters. The Kier molecular flexibility index (Phi) is 5.78. The highest BCUT2D eigenvalue weighted by Crippen LogP contribution is 2.52. The van der Waals surface area contributed by atoms with Gasteiger partial charge >= 0.3 is 13.7 Å². The van der Waals surface area contributed by atoms with Gasteiger partial charge in [-0.2, -0.15) is 0 Å². The summed E-state index contributed by atoms with van der Waals surface area (Å²) in [6.45, 7) is -0.101. The number of fused-ring (bicyclic) bond motifs is 15. The zero-order valence-electron chi connectivity index (χ0n) is 32.4. The van der Waals surface area contributed by atoms with E-state index in [1.54, 1.807) is 0 Å². The van der Waals surface area contributed by atoms with Crippen molar-refractivity contribution in [3.63, 3.8) is 0 Å². The molecule has 274 valence electrons. The number of benzene rings is 9. The Bertz CT molecular complexity index is 3460. The first-order valence-corrected chi connectivity index (χ1v) is 21.0. The number of hydrogen-bond donors (Lipinski definition) is 0. The molecule has 60 heavy (non-hydrogen) atoms. The van der Waals surface area contributed by atoms with Gasteiger partial charge in [-0.25, -0.2) is 0 Å². The lowest BCUT2D eigenvalue weighted by atomic mass is 9.42. The van der Waals surface area contributed by atoms with E-state index in [2.05, 4.69) is 213 Å². The molecule has 0 aliphatic carbocycles. The monoisotopic (exact) mass is 758 g/mol. The summed E-state index contributed by atoms with van der Waals surface area (Å²) in [6, 6.07) is 72.9. The van der Waals surface area contributed by atoms with E-state index in [-0.39, 0.29) is 13.7 Å². The predicted molar refractivity (Wildman–Crippen MR) is 254 cm³/mol. The van der Waals surface area contributed by atoms with Gasteiger partial charge in [-0.3, -0.25) is 0 Å². The van der Waals surface area contributed by atoms with E-state index in [1.165, 1.54) is 110 Å². The van der Waals surface area contributed by atoms with E-state index < -0.39 is 0 Å². The largest absolute Gasteiger partial charge is 0.375 e. The molecule has 4 aliphatic rings. The molecule has 0 spiro atoms. The van der Waals surface area contributed by atoms with Gasteiger partial charge in [-0.05, 0) is 81.5 Å². The Morgan fingerprint density at radius 3 is 1.15 bits per heavy atom. The summed E-state index contributed by atoms with van der Waals surface area (Å²) < 4.78 is 5.34. The summed E-state index contributed by atoms with van der Waals surface area (Å²) in [4.78, 5) is 5.18. The topological polar surface area (TPSA) is 16.3 Å². The minimum absolute atomic E-state index is 0.0506. The Hall–Kier alpha value is -7.69. The standard InChI is InChI=1S/C54H32B2N4/c1-3-15-33(16-4-1)57-47-29-13-21-37-41-25-11-23-39-35-19-7-9-27-45(35)59(51(39)41)55(49(37)47)43-31-32-44-54(53(43)57)58(34-17-5-2-6-18-34)48-30-14-22-38-42-26-12-24-40-36-20-8-10-28-46(36)60(52(40)42)56(44)50(38)48/h1-32H. The molecule has 2 aromatic heterocycles. The molecule has 0 bridgehead atoms. The van der Waals surface area contributed by atoms with Gasteiger partial charge in [-0.1, -0.05) is 146 Å². The zero-order valence-corrected chi connectivity index (χ0v) is 32.4. The van der Waals surface area contributed by atoms with E-state index in [0.717, 1.165) is 11.4 Å². The van der Waals surface area contributed by atoms with Crippen LogP contribution in [-0.2, 0) is 0 Å². The van der Waals surface area contributed by atoms with Crippen molar-refractivity contribution in [3.8, 4) is 22.3 Å². The number of aromatic nitrogens is 2. The first-order chi connectivity index (χ1) is 29.8. The number of rotatable bonds is 2. The minimum atomic E-state index is -0.0506. The van der Waals surface area contributed by atoms with Gasteiger partial charge in [0.2, 0.25) is 0 Å². The smallest absolute Gasteiger partial charge is 0.333 e. The molecule has 0 saturated heterocycles. The molecule has 11 aromatic rings. The maximum absolute atomic E-state index is 2.67. The van der Waals surface area contributed by atoms with Crippen LogP contribution in [0.2, 0.25) is 0 Å². The first-order valence-electron chi connectivity index (χ1n) is 21.0. The third-order valence-corrected chi connectivity index (χ3v) is 14.0. The average molecular weight is 759 g/mol. The predicted octanol–water partition coefficient (Wildman–Crippen LogP) is 10.7. The Morgan fingerprint density at radius 1 is 0.300 bits per heavy atom. The second-order valence-electron chi connectivity index (χ2n) is 16.7. The Labute approximate surface area is 347 Å². The van der Waals surface area contributed by atoms with Gasteiger partial charge < -0.3 is 18.8 Å². The van der Waals surface area contributed by atoms with Crippen molar-refractivity contribution in [3.05, 3.63) is 194 Å². The molecule has 9 aromatic carbocycles. The van der Waals surface area contributed by atoms with Crippen LogP contribution >= 0.6 is 0 Å². The molecule has 4 nitrogen and oxygen atoms in total. The van der Waals surface area contributed by atoms with Crippen molar-refractivity contribution in [1.29, 1.82) is 0 Å². The van der Waals surface area contributed by atoms with E-state index in [9.17, 15) is 0 Å². The summed E-state index contributed by atoms with van der Waals surface area (Å²) in [6.07, 6.45) is 0. The maximum atomic E-state index is 2.67. The zero-order chi connectivity index (χ0) is 38.8. The minimum Gasteiger partial charge on any atom is -0.375 e. The third kappa shape index (κ3) is 3.64. The van der Waals surface area contributed by atoms with Gasteiger partial charge in [0, 0.05) is 77.5 Å². The molecule has 0 amide bonds. The SMILES string of the molecule is c1ccc(N2c3cccc4c3B(c3ccc5c(c32)N(c2ccccc2)c2cccc3c2B5n2c5ccccc5c5cccc-3c52)n2c3ccccc3c3cccc-4c32)cc1. The highest BCUT2D eigenvalue weighted by Gasteiger charge is 2.49. The Morgan fingerprint density at radius 2 is 0.683 bits per heavy atom. The number of para-hydroxylation sites is 6. The van der Waals surface area contributed by atoms with E-state index in [4.69, 9.17) is 0 Å². The van der Waals surface area contributed by atoms with Crippen molar-refractivity contribution in [2.75, 3.05) is 9.80 Å². The van der Waals surface area contributed by atoms with Crippen molar-refractivity contribution in [2.24, 2.45) is 0 Å². The van der Waals surface area contributed by atoms with Crippen LogP contribution in [0.3, 0.4) is 0 Å². The molecule has 15 rings (SSSR count). The van der Waals surface area contributed by atoms with Crippen LogP contribution in [0.4, 0.5) is 34.1 Å². The Balaban J connectivity index is 1.14. The van der Waals surface area contributed by atoms with Crippen molar-refractivity contribution in [2.45, 2.75) is 0 Å². The molecule has 0 N–H and O–H groups in total. The molecule has 6 heterocycles. The summed E-state index contributed by atoms with van der Waals surface area (Å²) in [5.41, 5.74) is 22.9. The molecular formula is C54H32B2N4. The van der Waals surface area contributed by atoms with Crippen molar-refractivity contribution < 1.29 is 0 Å². The molecule has 0 saturated carbocycles. The van der Waals surface area contributed by atoms with Crippen LogP contribution < -0.4 is 31.7 Å². The molecule has 0 radical (unpaired) electrons. The lowest BCUT2D eigenvalue weighted by Crippen LogP contribution is -2.60. The van der Waals surface area contributed by atoms with Gasteiger partial charge in [0.25, 0.3) is 0 Å². The van der Waals surface area contributed by atoms with Crippen LogP contribution in [-0.4, -0.2) is 22.7 Å². The fourth-order valence-corrected chi connectivity index (χ4v) is 11.9. The summed E-state index contributed by atoms with van der Waals surface area (Å²) >= 11 is 0. The number of hydrogen-bond acceptors (Lipinski definition) is 2. The van der Waals surface area contributed by atoms with Gasteiger partial charge in [0.15, 0.2) is 0 Å². The van der Waals surface area contributed by atoms with E-state index in [1.807, 2.05) is 0 Å². The quantitative estimate of drug-likeness (QED) is 0.163. The van der Waals surface area contributed by atoms with E-state index >= 15 is 0 Å². The molecule has 0 atom stereocenters. The van der Waals surface area contributed by atoms with Crippen molar-refractivity contribution >= 4 is 113 Å². The molecule has 4 aliphatic heterocycles. The second kappa shape index (κ2) is 11.1. The summed E-state index contributed by atoms with van der Waals surface area (Å²) in [5, 5.41) is 5.21. The molecular weight excluding hydrogens is 726 g/mol. The fourth-order valence-electron chi connectivity index (χ4n) is 11.9. The maximum Gasteiger partial charge on any atom is 0.333 e. The van der Waals surface area contributed by atoms with E-state index in [0.29, 0.717) is 0 Å². The van der Waals surface area contributed by atoms with Crippen LogP contribution in [0.15, 0.2) is 194 Å². The fraction of sp³-hybridized carbons (Fsp3) is 0. The van der Waals surface area contributed by atoms with Crippen LogP contribution in [0, 0.1) is 0 Å². The molecule has 6 heteroatoms.